The van der Waals surface area contributed by atoms with Gasteiger partial charge in [-0.3, -0.25) is 0 Å². The molecule has 0 fully saturated rings. The van der Waals surface area contributed by atoms with Crippen molar-refractivity contribution in [2.24, 2.45) is 0 Å². The first-order valence-corrected chi connectivity index (χ1v) is 25.1. The number of benzene rings is 8. The molecule has 0 N–H and O–H groups in total. The van der Waals surface area contributed by atoms with Gasteiger partial charge in [0, 0.05) is 72.6 Å². The summed E-state index contributed by atoms with van der Waals surface area (Å²) >= 11 is 0. The Morgan fingerprint density at radius 3 is 0.726 bits per heavy atom. The van der Waals surface area contributed by atoms with Crippen molar-refractivity contribution in [2.45, 2.75) is 27.7 Å². The van der Waals surface area contributed by atoms with Gasteiger partial charge in [-0.15, -0.1) is 0 Å². The fourth-order valence-corrected chi connectivity index (χ4v) is 11.2. The molecule has 0 unspecified atom stereocenters. The average Bonchev–Trinajstić information content (AvgIpc) is 2.47. The minimum atomic E-state index is -5.53. The number of halogens is 20. The number of fused-ring (bicyclic) bond motifs is 5. The zero-order chi connectivity index (χ0) is 61.1. The van der Waals surface area contributed by atoms with Crippen LogP contribution in [0.1, 0.15) is 38.8 Å². The summed E-state index contributed by atoms with van der Waals surface area (Å²) in [4.78, 5) is 3.43. The molecule has 436 valence electrons. The molecule has 0 radical (unpaired) electrons. The molecule has 0 saturated carbocycles. The largest absolute Gasteiger partial charge is 0.650 e. The summed E-state index contributed by atoms with van der Waals surface area (Å²) in [6.45, 7) is -2.87. The fraction of sp³-hybridized carbons (Fsp3) is 0.143. The monoisotopic (exact) mass is 1200 g/mol. The minimum Gasteiger partial charge on any atom is -0.650 e. The summed E-state index contributed by atoms with van der Waals surface area (Å²) in [5.74, 6) is -60.2. The van der Waals surface area contributed by atoms with Crippen LogP contribution in [0.3, 0.4) is 0 Å². The third kappa shape index (κ3) is 8.26. The van der Waals surface area contributed by atoms with E-state index >= 15 is 70.2 Å². The smallest absolute Gasteiger partial charge is 0.525 e. The Labute approximate surface area is 461 Å². The van der Waals surface area contributed by atoms with Gasteiger partial charge in [-0.25, -0.2) is 87.8 Å². The van der Waals surface area contributed by atoms with Gasteiger partial charge < -0.3 is 28.1 Å². The number of nitrogens with zero attached hydrogens (tertiary/aromatic N) is 4. The second kappa shape index (κ2) is 21.2. The predicted octanol–water partition coefficient (Wildman–Crippen LogP) is 12.1. The molecule has 0 spiro atoms. The van der Waals surface area contributed by atoms with Crippen LogP contribution in [0.2, 0.25) is 0 Å². The third-order valence-electron chi connectivity index (χ3n) is 15.2. The molecular formula is C56H34B2F20N4O2. The van der Waals surface area contributed by atoms with Gasteiger partial charge in [0.25, 0.3) is 0 Å². The van der Waals surface area contributed by atoms with E-state index in [1.54, 1.807) is 37.5 Å². The Bertz CT molecular complexity index is 3660. The predicted molar refractivity (Wildman–Crippen MR) is 270 cm³/mol. The van der Waals surface area contributed by atoms with Crippen LogP contribution in [0, 0.1) is 116 Å². The second-order valence-corrected chi connectivity index (χ2v) is 19.2. The third-order valence-corrected chi connectivity index (χ3v) is 15.2. The summed E-state index contributed by atoms with van der Waals surface area (Å²) in [5, 5.41) is -1.55. The molecule has 10 rings (SSSR count). The lowest BCUT2D eigenvalue weighted by atomic mass is 9.39. The van der Waals surface area contributed by atoms with Crippen LogP contribution in [-0.2, 0) is 0 Å². The van der Waals surface area contributed by atoms with E-state index in [0.717, 1.165) is 48.5 Å². The molecule has 8 aromatic carbocycles. The number of hydrogen-bond acceptors (Lipinski definition) is 4. The van der Waals surface area contributed by atoms with Crippen LogP contribution in [0.25, 0.3) is 10.8 Å². The minimum absolute atomic E-state index is 0.309. The van der Waals surface area contributed by atoms with Gasteiger partial charge in [-0.05, 0) is 98.1 Å². The Hall–Kier alpha value is -8.71. The van der Waals surface area contributed by atoms with Crippen molar-refractivity contribution < 1.29 is 106 Å². The number of anilines is 2. The van der Waals surface area contributed by atoms with Gasteiger partial charge >= 0.3 is 13.0 Å². The van der Waals surface area contributed by atoms with Gasteiger partial charge in [-0.2, -0.15) is 0 Å². The maximum absolute atomic E-state index is 16.9. The van der Waals surface area contributed by atoms with E-state index in [2.05, 4.69) is 0 Å². The van der Waals surface area contributed by atoms with Crippen LogP contribution in [0.5, 0.6) is 11.5 Å². The van der Waals surface area contributed by atoms with Crippen LogP contribution >= 0.6 is 0 Å². The lowest BCUT2D eigenvalue weighted by molar-refractivity contribution is -0.305. The Morgan fingerprint density at radius 1 is 0.298 bits per heavy atom. The molecule has 2 aliphatic rings. The first-order valence-electron chi connectivity index (χ1n) is 25.1. The van der Waals surface area contributed by atoms with Crippen molar-refractivity contribution in [3.05, 3.63) is 200 Å². The van der Waals surface area contributed by atoms with Crippen LogP contribution in [-0.4, -0.2) is 60.5 Å². The number of rotatable bonds is 12. The zero-order valence-electron chi connectivity index (χ0n) is 43.2. The fourth-order valence-electron chi connectivity index (χ4n) is 11.2. The zero-order valence-corrected chi connectivity index (χ0v) is 43.2. The van der Waals surface area contributed by atoms with Crippen molar-refractivity contribution in [3.63, 3.8) is 0 Å². The van der Waals surface area contributed by atoms with E-state index in [4.69, 9.17) is 9.31 Å². The molecule has 2 aliphatic heterocycles. The van der Waals surface area contributed by atoms with Crippen molar-refractivity contribution in [2.75, 3.05) is 36.0 Å². The molecule has 0 amide bonds. The quantitative estimate of drug-likeness (QED) is 0.0528. The normalized spacial score (nSPS) is 14.2. The molecule has 0 saturated heterocycles. The van der Waals surface area contributed by atoms with E-state index < -0.39 is 196 Å². The highest BCUT2D eigenvalue weighted by molar-refractivity contribution is 6.93. The highest BCUT2D eigenvalue weighted by Gasteiger charge is 2.61. The summed E-state index contributed by atoms with van der Waals surface area (Å²) in [6.07, 6.45) is 1.30. The van der Waals surface area contributed by atoms with Crippen molar-refractivity contribution in [1.29, 1.82) is 0 Å². The Kier molecular flexibility index (Phi) is 14.7. The first kappa shape index (κ1) is 58.5. The summed E-state index contributed by atoms with van der Waals surface area (Å²) in [5.41, 5.74) is -11.0. The highest BCUT2D eigenvalue weighted by atomic mass is 19.2. The molecule has 8 aromatic rings. The summed E-state index contributed by atoms with van der Waals surface area (Å²) in [7, 11) is 0. The van der Waals surface area contributed by atoms with Crippen LogP contribution in [0.15, 0.2) is 72.8 Å². The Balaban J connectivity index is 1.38. The maximum atomic E-state index is 16.9. The molecule has 28 heteroatoms. The average molecular weight is 1200 g/mol. The number of hydrogen-bond donors (Lipinski definition) is 0. The van der Waals surface area contributed by atoms with Crippen LogP contribution in [0.4, 0.5) is 111 Å². The van der Waals surface area contributed by atoms with E-state index in [9.17, 15) is 17.6 Å². The van der Waals surface area contributed by atoms with Gasteiger partial charge in [-0.1, -0.05) is 0 Å². The SMILES string of the molecule is CCN(CC)c1ccc([N+]2=Cc3ccc4c5c(ccc4c3O[B-]2(c2c(F)c(F)c(F)c(F)c2F)c2c(F)c(F)c(F)c(F)c2F)C=[N+](c2ccc(N(CC)CC)cc2)[B-](c2c(F)c(F)c(F)c(F)c2F)(c2c(F)c(F)c(F)c(F)c2F)O5)cc1. The molecule has 0 bridgehead atoms. The van der Waals surface area contributed by atoms with Crippen LogP contribution < -0.4 is 41.0 Å². The molecule has 0 aromatic heterocycles. The second-order valence-electron chi connectivity index (χ2n) is 19.2. The van der Waals surface area contributed by atoms with E-state index in [-0.39, 0.29) is 0 Å². The maximum Gasteiger partial charge on any atom is 0.525 e. The van der Waals surface area contributed by atoms with Gasteiger partial charge in [0.2, 0.25) is 0 Å². The topological polar surface area (TPSA) is 31.0 Å². The molecule has 0 aliphatic carbocycles. The van der Waals surface area contributed by atoms with E-state index in [1.165, 1.54) is 24.3 Å². The molecule has 2 heterocycles. The van der Waals surface area contributed by atoms with Crippen molar-refractivity contribution >= 4 is 80.8 Å². The molecule has 6 nitrogen and oxygen atoms in total. The van der Waals surface area contributed by atoms with Gasteiger partial charge in [0.1, 0.15) is 59.0 Å². The van der Waals surface area contributed by atoms with E-state index in [1.807, 2.05) is 0 Å². The lowest BCUT2D eigenvalue weighted by Gasteiger charge is -2.44. The van der Waals surface area contributed by atoms with Crippen molar-refractivity contribution in [1.82, 2.24) is 0 Å². The van der Waals surface area contributed by atoms with Gasteiger partial charge in [0.05, 0.1) is 22.6 Å². The van der Waals surface area contributed by atoms with Crippen molar-refractivity contribution in [3.8, 4) is 11.5 Å². The Morgan fingerprint density at radius 2 is 0.512 bits per heavy atom. The summed E-state index contributed by atoms with van der Waals surface area (Å²) < 4.78 is 334. The molecule has 0 atom stereocenters. The van der Waals surface area contributed by atoms with Gasteiger partial charge in [0.15, 0.2) is 81.2 Å². The highest BCUT2D eigenvalue weighted by Crippen LogP contribution is 2.45. The van der Waals surface area contributed by atoms with E-state index in [0.29, 0.717) is 59.0 Å². The molecule has 84 heavy (non-hydrogen) atoms. The lowest BCUT2D eigenvalue weighted by Crippen LogP contribution is -2.75. The standard InChI is InChI=1S/C56H34B2F20N4O2/c1-5-79(6-2)25-11-15-27(16-12-25)81-21-23-9-19-30-29(55(23)83-57(81,31-35(59)43(67)51(75)44(68)36(31)60)32-37(61)45(69)52(76)46(70)38(32)62)20-10-24-22-82(28-17-13-26(14-18-28)80(7-3)8-4)58(84-56(24)30,33-39(63)47(71)53(77)48(72)40(33)64)34-41(65)49(73)54(78)50(74)42(34)66/h9-22H,5-8H2,1-4H3. The summed E-state index contributed by atoms with van der Waals surface area (Å²) in [6, 6.07) is 12.8. The first-order chi connectivity index (χ1) is 39.8. The molecular weight excluding hydrogens is 1160 g/mol.